The molecule has 1 aliphatic heterocycles. The van der Waals surface area contributed by atoms with Gasteiger partial charge in [0, 0.05) is 0 Å². The smallest absolute Gasteiger partial charge is 0.350 e. The predicted octanol–water partition coefficient (Wildman–Crippen LogP) is 6.95. The van der Waals surface area contributed by atoms with E-state index < -0.39 is 29.5 Å². The van der Waals surface area contributed by atoms with E-state index in [0.717, 1.165) is 22.5 Å². The van der Waals surface area contributed by atoms with E-state index in [9.17, 15) is 19.5 Å². The number of hydrogen-bond donors (Lipinski definition) is 1. The molecular formula is C36H32N2O7S. The molecule has 0 bridgehead atoms. The Labute approximate surface area is 270 Å². The van der Waals surface area contributed by atoms with Gasteiger partial charge in [0.2, 0.25) is 0 Å². The van der Waals surface area contributed by atoms with Crippen molar-refractivity contribution in [3.63, 3.8) is 0 Å². The first-order valence-electron chi connectivity index (χ1n) is 14.5. The van der Waals surface area contributed by atoms with Gasteiger partial charge in [0.05, 0.1) is 23.9 Å². The number of allylic oxidation sites excluding steroid dienone is 1. The second-order valence-electron chi connectivity index (χ2n) is 10.2. The van der Waals surface area contributed by atoms with Crippen LogP contribution in [0, 0.1) is 6.92 Å². The number of ketones is 1. The number of carbonyl (C=O) groups excluding carboxylic acids is 3. The van der Waals surface area contributed by atoms with E-state index >= 15 is 0 Å². The molecule has 0 saturated heterocycles. The van der Waals surface area contributed by atoms with Crippen LogP contribution in [-0.2, 0) is 20.9 Å². The van der Waals surface area contributed by atoms with Crippen LogP contribution in [0.3, 0.4) is 0 Å². The average Bonchev–Trinajstić information content (AvgIpc) is 3.58. The lowest BCUT2D eigenvalue weighted by Gasteiger charge is -2.25. The summed E-state index contributed by atoms with van der Waals surface area (Å²) in [7, 11) is 0. The van der Waals surface area contributed by atoms with Crippen molar-refractivity contribution in [1.29, 1.82) is 0 Å². The number of aliphatic hydroxyl groups is 1. The summed E-state index contributed by atoms with van der Waals surface area (Å²) in [5.74, 6) is -1.87. The number of aryl methyl sites for hydroxylation is 1. The lowest BCUT2D eigenvalue weighted by molar-refractivity contribution is -0.117. The zero-order valence-electron chi connectivity index (χ0n) is 25.3. The molecule has 2 heterocycles. The highest BCUT2D eigenvalue weighted by molar-refractivity contribution is 7.17. The van der Waals surface area contributed by atoms with Gasteiger partial charge in [-0.05, 0) is 48.7 Å². The topological polar surface area (TPSA) is 115 Å². The molecule has 46 heavy (non-hydrogen) atoms. The van der Waals surface area contributed by atoms with Crippen LogP contribution in [-0.4, -0.2) is 41.0 Å². The van der Waals surface area contributed by atoms with Crippen LogP contribution in [0.25, 0.3) is 6.08 Å². The Morgan fingerprint density at radius 3 is 2.43 bits per heavy atom. The van der Waals surface area contributed by atoms with Crippen LogP contribution in [0.2, 0.25) is 0 Å². The Hall–Kier alpha value is -5.48. The van der Waals surface area contributed by atoms with Crippen molar-refractivity contribution < 1.29 is 33.7 Å². The van der Waals surface area contributed by atoms with E-state index in [1.807, 2.05) is 67.6 Å². The summed E-state index contributed by atoms with van der Waals surface area (Å²) in [6.07, 6.45) is 4.37. The highest BCUT2D eigenvalue weighted by Gasteiger charge is 2.45. The second kappa shape index (κ2) is 14.5. The molecule has 10 heteroatoms. The summed E-state index contributed by atoms with van der Waals surface area (Å²) < 4.78 is 17.2. The fourth-order valence-electron chi connectivity index (χ4n) is 4.89. The number of rotatable bonds is 13. The maximum absolute atomic E-state index is 13.7. The van der Waals surface area contributed by atoms with Gasteiger partial charge in [-0.1, -0.05) is 96.8 Å². The van der Waals surface area contributed by atoms with Gasteiger partial charge >= 0.3 is 5.97 Å². The Morgan fingerprint density at radius 2 is 1.74 bits per heavy atom. The monoisotopic (exact) mass is 636 g/mol. The van der Waals surface area contributed by atoms with E-state index in [0.29, 0.717) is 36.0 Å². The first-order valence-corrected chi connectivity index (χ1v) is 15.4. The van der Waals surface area contributed by atoms with Crippen molar-refractivity contribution in [2.75, 3.05) is 18.1 Å². The third kappa shape index (κ3) is 6.92. The molecule has 1 atom stereocenters. The van der Waals surface area contributed by atoms with Crippen LogP contribution >= 0.6 is 11.3 Å². The Bertz CT molecular complexity index is 1810. The number of anilines is 1. The minimum Gasteiger partial charge on any atom is -0.503 e. The van der Waals surface area contributed by atoms with Crippen molar-refractivity contribution >= 4 is 40.2 Å². The number of esters is 1. The Morgan fingerprint density at radius 1 is 1.02 bits per heavy atom. The van der Waals surface area contributed by atoms with Crippen molar-refractivity contribution in [3.05, 3.63) is 136 Å². The minimum atomic E-state index is -1.09. The second-order valence-corrected chi connectivity index (χ2v) is 11.1. The van der Waals surface area contributed by atoms with E-state index in [2.05, 4.69) is 11.6 Å². The number of benzene rings is 3. The molecule has 1 amide bonds. The fourth-order valence-corrected chi connectivity index (χ4v) is 5.88. The van der Waals surface area contributed by atoms with E-state index in [-0.39, 0.29) is 22.2 Å². The maximum Gasteiger partial charge on any atom is 0.350 e. The highest BCUT2D eigenvalue weighted by atomic mass is 32.1. The van der Waals surface area contributed by atoms with Crippen LogP contribution in [0.1, 0.15) is 45.0 Å². The molecule has 0 aliphatic carbocycles. The molecule has 0 spiro atoms. The summed E-state index contributed by atoms with van der Waals surface area (Å²) in [6, 6.07) is 22.9. The molecule has 4 aromatic rings. The van der Waals surface area contributed by atoms with Crippen LogP contribution < -0.4 is 14.4 Å². The van der Waals surface area contributed by atoms with Crippen molar-refractivity contribution in [1.82, 2.24) is 4.98 Å². The van der Waals surface area contributed by atoms with Gasteiger partial charge in [-0.25, -0.2) is 9.78 Å². The molecule has 1 unspecified atom stereocenters. The van der Waals surface area contributed by atoms with Gasteiger partial charge in [-0.15, -0.1) is 0 Å². The first-order chi connectivity index (χ1) is 22.3. The summed E-state index contributed by atoms with van der Waals surface area (Å²) in [5, 5.41) is 11.3. The quantitative estimate of drug-likeness (QED) is 0.0952. The van der Waals surface area contributed by atoms with E-state index in [1.54, 1.807) is 31.2 Å². The third-order valence-corrected chi connectivity index (χ3v) is 8.17. The third-order valence-electron chi connectivity index (χ3n) is 7.03. The standard InChI is InChI=1S/C36H32N2O7S/c1-4-20-44-35(42)33-23(3)37-36(46-33)38-31(30(32(40)34(38)41)27(39)18-16-24-12-8-6-9-13-24)26-17-19-28(29(21-26)43-5-2)45-22-25-14-10-7-11-15-25/h4,6-19,21,31,40H,1,5,20,22H2,2-3H3. The molecule has 3 aromatic carbocycles. The molecular weight excluding hydrogens is 604 g/mol. The number of nitrogens with zero attached hydrogens (tertiary/aromatic N) is 2. The zero-order chi connectivity index (χ0) is 32.6. The molecule has 1 N–H and O–H groups in total. The number of thiazole rings is 1. The van der Waals surface area contributed by atoms with E-state index in [4.69, 9.17) is 14.2 Å². The first kappa shape index (κ1) is 31.9. The van der Waals surface area contributed by atoms with Crippen molar-refractivity contribution in [3.8, 4) is 11.5 Å². The Kier molecular flexibility index (Phi) is 10.1. The molecule has 5 rings (SSSR count). The van der Waals surface area contributed by atoms with Gasteiger partial charge in [-0.3, -0.25) is 14.5 Å². The van der Waals surface area contributed by atoms with Gasteiger partial charge in [0.15, 0.2) is 28.2 Å². The molecule has 9 nitrogen and oxygen atoms in total. The minimum absolute atomic E-state index is 0.00438. The van der Waals surface area contributed by atoms with Crippen LogP contribution in [0.15, 0.2) is 109 Å². The average molecular weight is 637 g/mol. The number of carbonyl (C=O) groups is 3. The van der Waals surface area contributed by atoms with Gasteiger partial charge in [0.1, 0.15) is 18.1 Å². The van der Waals surface area contributed by atoms with Crippen LogP contribution in [0.4, 0.5) is 5.13 Å². The van der Waals surface area contributed by atoms with Gasteiger partial charge in [-0.2, -0.15) is 0 Å². The highest BCUT2D eigenvalue weighted by Crippen LogP contribution is 2.45. The fraction of sp³-hybridized carbons (Fsp3) is 0.167. The maximum atomic E-state index is 13.7. The largest absolute Gasteiger partial charge is 0.503 e. The lowest BCUT2D eigenvalue weighted by atomic mass is 9.95. The molecule has 0 saturated carbocycles. The molecule has 1 aliphatic rings. The SMILES string of the molecule is C=CCOC(=O)c1sc(N2C(=O)C(O)=C(C(=O)C=Cc3ccccc3)C2c2ccc(OCc3ccccc3)c(OCC)c2)nc1C. The van der Waals surface area contributed by atoms with Gasteiger partial charge in [0.25, 0.3) is 5.91 Å². The van der Waals surface area contributed by atoms with Crippen molar-refractivity contribution in [2.24, 2.45) is 0 Å². The van der Waals surface area contributed by atoms with E-state index in [1.165, 1.54) is 17.1 Å². The summed E-state index contributed by atoms with van der Waals surface area (Å²) in [5.41, 5.74) is 2.40. The predicted molar refractivity (Wildman–Crippen MR) is 176 cm³/mol. The van der Waals surface area contributed by atoms with Gasteiger partial charge < -0.3 is 19.3 Å². The number of aromatic nitrogens is 1. The summed E-state index contributed by atoms with van der Waals surface area (Å²) in [6.45, 7) is 7.64. The summed E-state index contributed by atoms with van der Waals surface area (Å²) in [4.78, 5) is 46.0. The lowest BCUT2D eigenvalue weighted by Crippen LogP contribution is -2.31. The van der Waals surface area contributed by atoms with Crippen LogP contribution in [0.5, 0.6) is 11.5 Å². The number of hydrogen-bond acceptors (Lipinski definition) is 9. The number of amides is 1. The normalized spacial score (nSPS) is 14.5. The molecule has 234 valence electrons. The van der Waals surface area contributed by atoms with Crippen molar-refractivity contribution in [2.45, 2.75) is 26.5 Å². The molecule has 0 radical (unpaired) electrons. The Balaban J connectivity index is 1.57. The molecule has 0 fully saturated rings. The molecule has 1 aromatic heterocycles. The number of aliphatic hydroxyl groups excluding tert-OH is 1. The number of ether oxygens (including phenoxy) is 3. The summed E-state index contributed by atoms with van der Waals surface area (Å²) >= 11 is 0.929. The zero-order valence-corrected chi connectivity index (χ0v) is 26.2.